The molecule has 2 N–H and O–H groups in total. The first kappa shape index (κ1) is 25.0. The summed E-state index contributed by atoms with van der Waals surface area (Å²) in [6.07, 6.45) is 4.92. The smallest absolute Gasteiger partial charge is 0.257 e. The maximum atomic E-state index is 13.2. The summed E-state index contributed by atoms with van der Waals surface area (Å²) in [6.45, 7) is 1.45. The Bertz CT molecular complexity index is 1310. The third-order valence-electron chi connectivity index (χ3n) is 6.09. The van der Waals surface area contributed by atoms with Crippen molar-refractivity contribution in [3.8, 4) is 11.3 Å². The SMILES string of the molecule is CC(=O)Nc1ccc(-c2csc(NC(=O)c3cccc(S(=O)(=O)N(C)C4CCCCC4)c3)n2)cc1. The van der Waals surface area contributed by atoms with E-state index < -0.39 is 15.9 Å². The Morgan fingerprint density at radius 2 is 1.74 bits per heavy atom. The lowest BCUT2D eigenvalue weighted by Gasteiger charge is -2.30. The second kappa shape index (κ2) is 10.7. The van der Waals surface area contributed by atoms with Crippen LogP contribution in [0.4, 0.5) is 10.8 Å². The van der Waals surface area contributed by atoms with Crippen molar-refractivity contribution in [2.45, 2.75) is 50.0 Å². The van der Waals surface area contributed by atoms with Gasteiger partial charge in [-0.1, -0.05) is 37.5 Å². The lowest BCUT2D eigenvalue weighted by Crippen LogP contribution is -2.38. The van der Waals surface area contributed by atoms with Crippen LogP contribution in [-0.2, 0) is 14.8 Å². The van der Waals surface area contributed by atoms with Crippen LogP contribution in [0.3, 0.4) is 0 Å². The Hall–Kier alpha value is -3.08. The van der Waals surface area contributed by atoms with Gasteiger partial charge in [0, 0.05) is 42.2 Å². The number of benzene rings is 2. The van der Waals surface area contributed by atoms with Crippen molar-refractivity contribution < 1.29 is 18.0 Å². The van der Waals surface area contributed by atoms with Crippen molar-refractivity contribution in [3.05, 3.63) is 59.5 Å². The van der Waals surface area contributed by atoms with Crippen molar-refractivity contribution in [2.75, 3.05) is 17.7 Å². The molecule has 1 aromatic heterocycles. The minimum Gasteiger partial charge on any atom is -0.326 e. The fourth-order valence-corrected chi connectivity index (χ4v) is 6.34. The number of sulfonamides is 1. The van der Waals surface area contributed by atoms with Gasteiger partial charge in [0.2, 0.25) is 15.9 Å². The number of hydrogen-bond acceptors (Lipinski definition) is 6. The van der Waals surface area contributed by atoms with Crippen LogP contribution in [0, 0.1) is 0 Å². The Morgan fingerprint density at radius 1 is 1.03 bits per heavy atom. The molecule has 0 unspecified atom stereocenters. The van der Waals surface area contributed by atoms with Gasteiger partial charge in [0.15, 0.2) is 5.13 Å². The minimum absolute atomic E-state index is 0.00715. The molecule has 2 amide bonds. The van der Waals surface area contributed by atoms with Crippen LogP contribution in [0.1, 0.15) is 49.4 Å². The fourth-order valence-electron chi connectivity index (χ4n) is 4.17. The summed E-state index contributed by atoms with van der Waals surface area (Å²) in [7, 11) is -2.07. The third-order valence-corrected chi connectivity index (χ3v) is 8.75. The van der Waals surface area contributed by atoms with Gasteiger partial charge in [-0.3, -0.25) is 14.9 Å². The molecule has 0 atom stereocenters. The zero-order valence-electron chi connectivity index (χ0n) is 19.7. The molecule has 1 aliphatic carbocycles. The monoisotopic (exact) mass is 512 g/mol. The van der Waals surface area contributed by atoms with Crippen LogP contribution >= 0.6 is 11.3 Å². The van der Waals surface area contributed by atoms with E-state index >= 15 is 0 Å². The van der Waals surface area contributed by atoms with E-state index in [9.17, 15) is 18.0 Å². The van der Waals surface area contributed by atoms with Crippen LogP contribution in [0.5, 0.6) is 0 Å². The second-order valence-corrected chi connectivity index (χ2v) is 11.4. The Kier molecular flexibility index (Phi) is 7.63. The number of amides is 2. The summed E-state index contributed by atoms with van der Waals surface area (Å²) in [5, 5.41) is 7.70. The third kappa shape index (κ3) is 5.95. The molecule has 184 valence electrons. The van der Waals surface area contributed by atoms with E-state index in [1.54, 1.807) is 31.3 Å². The highest BCUT2D eigenvalue weighted by Crippen LogP contribution is 2.28. The number of rotatable bonds is 7. The maximum Gasteiger partial charge on any atom is 0.257 e. The first-order valence-electron chi connectivity index (χ1n) is 11.5. The van der Waals surface area contributed by atoms with E-state index in [-0.39, 0.29) is 22.4 Å². The zero-order valence-corrected chi connectivity index (χ0v) is 21.3. The van der Waals surface area contributed by atoms with Gasteiger partial charge in [0.25, 0.3) is 5.91 Å². The summed E-state index contributed by atoms with van der Waals surface area (Å²) < 4.78 is 27.8. The van der Waals surface area contributed by atoms with Crippen LogP contribution in [-0.4, -0.2) is 42.6 Å². The molecule has 0 saturated heterocycles. The van der Waals surface area contributed by atoms with Crippen molar-refractivity contribution in [3.63, 3.8) is 0 Å². The van der Waals surface area contributed by atoms with E-state index in [2.05, 4.69) is 15.6 Å². The van der Waals surface area contributed by atoms with Crippen LogP contribution in [0.15, 0.2) is 58.8 Å². The van der Waals surface area contributed by atoms with E-state index in [0.717, 1.165) is 37.7 Å². The number of nitrogens with zero attached hydrogens (tertiary/aromatic N) is 2. The number of carbonyl (C=O) groups is 2. The Morgan fingerprint density at radius 3 is 2.43 bits per heavy atom. The van der Waals surface area contributed by atoms with Crippen LogP contribution < -0.4 is 10.6 Å². The largest absolute Gasteiger partial charge is 0.326 e. The topological polar surface area (TPSA) is 108 Å². The van der Waals surface area contributed by atoms with Gasteiger partial charge in [0.05, 0.1) is 10.6 Å². The van der Waals surface area contributed by atoms with Gasteiger partial charge in [-0.05, 0) is 43.2 Å². The van der Waals surface area contributed by atoms with Gasteiger partial charge >= 0.3 is 0 Å². The average molecular weight is 513 g/mol. The molecule has 8 nitrogen and oxygen atoms in total. The normalized spacial score (nSPS) is 14.6. The van der Waals surface area contributed by atoms with Crippen molar-refractivity contribution in [1.82, 2.24) is 9.29 Å². The fraction of sp³-hybridized carbons (Fsp3) is 0.320. The number of anilines is 2. The molecule has 35 heavy (non-hydrogen) atoms. The molecule has 1 aliphatic rings. The first-order valence-corrected chi connectivity index (χ1v) is 13.8. The molecule has 4 rings (SSSR count). The summed E-state index contributed by atoms with van der Waals surface area (Å²) in [5.74, 6) is -0.571. The summed E-state index contributed by atoms with van der Waals surface area (Å²) in [6, 6.07) is 13.3. The lowest BCUT2D eigenvalue weighted by molar-refractivity contribution is -0.114. The molecular weight excluding hydrogens is 484 g/mol. The number of nitrogens with one attached hydrogen (secondary N) is 2. The first-order chi connectivity index (χ1) is 16.7. The predicted molar refractivity (Wildman–Crippen MR) is 138 cm³/mol. The summed E-state index contributed by atoms with van der Waals surface area (Å²) in [5.41, 5.74) is 2.47. The highest BCUT2D eigenvalue weighted by Gasteiger charge is 2.29. The lowest BCUT2D eigenvalue weighted by atomic mass is 9.96. The Labute approximate surface area is 209 Å². The second-order valence-electron chi connectivity index (χ2n) is 8.59. The van der Waals surface area contributed by atoms with E-state index in [4.69, 9.17) is 0 Å². The molecule has 10 heteroatoms. The molecule has 0 bridgehead atoms. The molecule has 3 aromatic rings. The van der Waals surface area contributed by atoms with E-state index in [1.807, 2.05) is 17.5 Å². The molecule has 1 heterocycles. The van der Waals surface area contributed by atoms with Crippen molar-refractivity contribution >= 4 is 44.0 Å². The van der Waals surface area contributed by atoms with E-state index in [1.165, 1.54) is 34.7 Å². The van der Waals surface area contributed by atoms with Gasteiger partial charge in [-0.15, -0.1) is 11.3 Å². The van der Waals surface area contributed by atoms with Gasteiger partial charge in [-0.2, -0.15) is 4.31 Å². The highest BCUT2D eigenvalue weighted by molar-refractivity contribution is 7.89. The molecule has 0 radical (unpaired) electrons. The van der Waals surface area contributed by atoms with Crippen molar-refractivity contribution in [2.24, 2.45) is 0 Å². The van der Waals surface area contributed by atoms with Crippen molar-refractivity contribution in [1.29, 1.82) is 0 Å². The standard InChI is InChI=1S/C25H28N4O4S2/c1-17(30)26-20-13-11-18(12-14-20)23-16-34-25(27-23)28-24(31)19-7-6-10-22(15-19)35(32,33)29(2)21-8-4-3-5-9-21/h6-7,10-16,21H,3-5,8-9H2,1-2H3,(H,26,30)(H,27,28,31). The summed E-state index contributed by atoms with van der Waals surface area (Å²) >= 11 is 1.28. The average Bonchev–Trinajstić information content (AvgIpc) is 3.32. The quantitative estimate of drug-likeness (QED) is 0.464. The van der Waals surface area contributed by atoms with Gasteiger partial charge < -0.3 is 5.32 Å². The van der Waals surface area contributed by atoms with Crippen LogP contribution in [0.25, 0.3) is 11.3 Å². The highest BCUT2D eigenvalue weighted by atomic mass is 32.2. The number of carbonyl (C=O) groups excluding carboxylic acids is 2. The number of thiazole rings is 1. The molecule has 1 fully saturated rings. The maximum absolute atomic E-state index is 13.2. The number of aromatic nitrogens is 1. The van der Waals surface area contributed by atoms with Gasteiger partial charge in [-0.25, -0.2) is 13.4 Å². The van der Waals surface area contributed by atoms with E-state index in [0.29, 0.717) is 16.5 Å². The zero-order chi connectivity index (χ0) is 25.0. The molecule has 0 aliphatic heterocycles. The number of hydrogen-bond donors (Lipinski definition) is 2. The Balaban J connectivity index is 1.46. The molecular formula is C25H28N4O4S2. The van der Waals surface area contributed by atoms with Gasteiger partial charge in [0.1, 0.15) is 0 Å². The van der Waals surface area contributed by atoms with Crippen LogP contribution in [0.2, 0.25) is 0 Å². The molecule has 2 aromatic carbocycles. The molecule has 1 saturated carbocycles. The summed E-state index contributed by atoms with van der Waals surface area (Å²) in [4.78, 5) is 28.6. The minimum atomic E-state index is -3.70. The molecule has 0 spiro atoms. The predicted octanol–water partition coefficient (Wildman–Crippen LogP) is 4.97.